The molecule has 84 valence electrons. The maximum Gasteiger partial charge on any atom is 0.411 e. The fourth-order valence-electron chi connectivity index (χ4n) is 2.01. The summed E-state index contributed by atoms with van der Waals surface area (Å²) in [6.45, 7) is 6.03. The van der Waals surface area contributed by atoms with Gasteiger partial charge in [-0.15, -0.1) is 0 Å². The van der Waals surface area contributed by atoms with E-state index in [2.05, 4.69) is 5.32 Å². The van der Waals surface area contributed by atoms with Gasteiger partial charge in [-0.25, -0.2) is 4.79 Å². The van der Waals surface area contributed by atoms with Crippen LogP contribution in [0.5, 0.6) is 0 Å². The van der Waals surface area contributed by atoms with Gasteiger partial charge in [-0.3, -0.25) is 9.69 Å². The second-order valence-electron chi connectivity index (χ2n) is 5.09. The summed E-state index contributed by atoms with van der Waals surface area (Å²) in [5.41, 5.74) is -0.505. The monoisotopic (exact) mass is 212 g/mol. The predicted molar refractivity (Wildman–Crippen MR) is 53.3 cm³/mol. The molecule has 2 fully saturated rings. The summed E-state index contributed by atoms with van der Waals surface area (Å²) in [5, 5.41) is 2.81. The van der Waals surface area contributed by atoms with E-state index in [1.807, 2.05) is 20.8 Å². The average molecular weight is 212 g/mol. The first-order valence-electron chi connectivity index (χ1n) is 5.17. The van der Waals surface area contributed by atoms with Crippen LogP contribution in [0.15, 0.2) is 0 Å². The Hall–Kier alpha value is -1.26. The first-order chi connectivity index (χ1) is 6.87. The molecule has 2 atom stereocenters. The molecular weight excluding hydrogens is 196 g/mol. The van der Waals surface area contributed by atoms with Crippen molar-refractivity contribution in [2.75, 3.05) is 6.54 Å². The van der Waals surface area contributed by atoms with E-state index in [-0.39, 0.29) is 24.1 Å². The molecule has 0 aromatic heterocycles. The van der Waals surface area contributed by atoms with Gasteiger partial charge in [0.15, 0.2) is 0 Å². The number of hydrogen-bond acceptors (Lipinski definition) is 3. The molecule has 2 unspecified atom stereocenters. The lowest BCUT2D eigenvalue weighted by atomic mass is 10.2. The van der Waals surface area contributed by atoms with Gasteiger partial charge in [0.25, 0.3) is 0 Å². The minimum absolute atomic E-state index is 0.0582. The average Bonchev–Trinajstić information content (AvgIpc) is 2.58. The number of carbonyl (C=O) groups is 2. The number of hydrogen-bond donors (Lipinski definition) is 1. The number of fused-ring (bicyclic) bond motifs is 2. The van der Waals surface area contributed by atoms with Crippen LogP contribution in [0, 0.1) is 0 Å². The number of piperazine rings is 1. The molecule has 2 heterocycles. The van der Waals surface area contributed by atoms with Crippen LogP contribution in [-0.2, 0) is 9.53 Å². The maximum absolute atomic E-state index is 11.7. The first-order valence-corrected chi connectivity index (χ1v) is 5.17. The highest BCUT2D eigenvalue weighted by atomic mass is 16.6. The minimum Gasteiger partial charge on any atom is -0.444 e. The summed E-state index contributed by atoms with van der Waals surface area (Å²) in [4.78, 5) is 24.6. The molecule has 0 spiro atoms. The van der Waals surface area contributed by atoms with Gasteiger partial charge in [0, 0.05) is 12.6 Å². The number of likely N-dealkylation sites (tertiary alicyclic amines) is 1. The van der Waals surface area contributed by atoms with Crippen molar-refractivity contribution >= 4 is 12.0 Å². The highest BCUT2D eigenvalue weighted by Crippen LogP contribution is 2.26. The third kappa shape index (κ3) is 1.91. The van der Waals surface area contributed by atoms with Crippen molar-refractivity contribution < 1.29 is 14.3 Å². The maximum atomic E-state index is 11.7. The summed E-state index contributed by atoms with van der Waals surface area (Å²) in [6.07, 6.45) is 0.336. The van der Waals surface area contributed by atoms with Crippen molar-refractivity contribution in [2.45, 2.75) is 44.9 Å². The first kappa shape index (κ1) is 10.3. The Bertz CT molecular complexity index is 308. The number of carbonyl (C=O) groups excluding carboxylic acids is 2. The topological polar surface area (TPSA) is 58.6 Å². The van der Waals surface area contributed by atoms with Gasteiger partial charge in [-0.1, -0.05) is 0 Å². The third-order valence-electron chi connectivity index (χ3n) is 2.58. The van der Waals surface area contributed by atoms with Crippen LogP contribution in [-0.4, -0.2) is 41.1 Å². The van der Waals surface area contributed by atoms with E-state index in [0.29, 0.717) is 6.54 Å². The number of ether oxygens (including phenoxy) is 1. The van der Waals surface area contributed by atoms with Crippen LogP contribution in [0.25, 0.3) is 0 Å². The summed E-state index contributed by atoms with van der Waals surface area (Å²) in [6, 6.07) is -0.195. The fourth-order valence-corrected chi connectivity index (χ4v) is 2.01. The molecule has 2 aliphatic rings. The lowest BCUT2D eigenvalue weighted by Gasteiger charge is -2.29. The SMILES string of the molecule is CC(C)(C)OC(=O)N1CC2CC1C(=O)N2. The molecule has 2 bridgehead atoms. The molecule has 0 aromatic rings. The minimum atomic E-state index is -0.505. The lowest BCUT2D eigenvalue weighted by Crippen LogP contribution is -2.51. The van der Waals surface area contributed by atoms with Crippen LogP contribution in [0.3, 0.4) is 0 Å². The van der Waals surface area contributed by atoms with Gasteiger partial charge in [-0.2, -0.15) is 0 Å². The van der Waals surface area contributed by atoms with Crippen LogP contribution >= 0.6 is 0 Å². The molecule has 0 saturated carbocycles. The highest BCUT2D eigenvalue weighted by molar-refractivity contribution is 5.89. The molecule has 0 aromatic carbocycles. The molecule has 2 aliphatic heterocycles. The number of nitrogens with one attached hydrogen (secondary N) is 1. The quantitative estimate of drug-likeness (QED) is 0.636. The third-order valence-corrected chi connectivity index (χ3v) is 2.58. The number of rotatable bonds is 0. The Kier molecular flexibility index (Phi) is 2.13. The Balaban J connectivity index is 2.01. The molecule has 0 radical (unpaired) electrons. The molecule has 2 saturated heterocycles. The zero-order valence-corrected chi connectivity index (χ0v) is 9.24. The van der Waals surface area contributed by atoms with E-state index in [1.165, 1.54) is 4.90 Å². The molecule has 15 heavy (non-hydrogen) atoms. The van der Waals surface area contributed by atoms with Crippen LogP contribution in [0.1, 0.15) is 27.2 Å². The summed E-state index contributed by atoms with van der Waals surface area (Å²) in [5.74, 6) is -0.0582. The second-order valence-corrected chi connectivity index (χ2v) is 5.09. The Morgan fingerprint density at radius 2 is 2.20 bits per heavy atom. The van der Waals surface area contributed by atoms with E-state index in [1.54, 1.807) is 0 Å². The molecule has 5 heteroatoms. The van der Waals surface area contributed by atoms with Crippen molar-refractivity contribution in [3.05, 3.63) is 0 Å². The van der Waals surface area contributed by atoms with Crippen molar-refractivity contribution in [1.29, 1.82) is 0 Å². The molecular formula is C10H16N2O3. The Labute approximate surface area is 88.8 Å². The Morgan fingerprint density at radius 3 is 2.67 bits per heavy atom. The van der Waals surface area contributed by atoms with Crippen LogP contribution in [0.4, 0.5) is 4.79 Å². The molecule has 2 rings (SSSR count). The fraction of sp³-hybridized carbons (Fsp3) is 0.800. The highest BCUT2D eigenvalue weighted by Gasteiger charge is 2.47. The van der Waals surface area contributed by atoms with Gasteiger partial charge >= 0.3 is 6.09 Å². The zero-order chi connectivity index (χ0) is 11.2. The Morgan fingerprint density at radius 1 is 1.53 bits per heavy atom. The van der Waals surface area contributed by atoms with Crippen molar-refractivity contribution in [1.82, 2.24) is 10.2 Å². The van der Waals surface area contributed by atoms with E-state index >= 15 is 0 Å². The molecule has 2 amide bonds. The van der Waals surface area contributed by atoms with E-state index < -0.39 is 5.60 Å². The van der Waals surface area contributed by atoms with Gasteiger partial charge in [0.1, 0.15) is 11.6 Å². The zero-order valence-electron chi connectivity index (χ0n) is 9.24. The van der Waals surface area contributed by atoms with Gasteiger partial charge in [-0.05, 0) is 27.2 Å². The molecule has 1 N–H and O–H groups in total. The number of amides is 2. The second kappa shape index (κ2) is 3.12. The lowest BCUT2D eigenvalue weighted by molar-refractivity contribution is -0.125. The standard InChI is InChI=1S/C10H16N2O3/c1-10(2,3)15-9(14)12-5-6-4-7(12)8(13)11-6/h6-7H,4-5H2,1-3H3,(H,11,13). The molecule has 0 aliphatic carbocycles. The van der Waals surface area contributed by atoms with E-state index in [9.17, 15) is 9.59 Å². The van der Waals surface area contributed by atoms with Crippen molar-refractivity contribution in [2.24, 2.45) is 0 Å². The summed E-state index contributed by atoms with van der Waals surface area (Å²) < 4.78 is 5.23. The van der Waals surface area contributed by atoms with E-state index in [4.69, 9.17) is 4.74 Å². The number of nitrogens with zero attached hydrogens (tertiary/aromatic N) is 1. The van der Waals surface area contributed by atoms with E-state index in [0.717, 1.165) is 6.42 Å². The van der Waals surface area contributed by atoms with Gasteiger partial charge in [0.2, 0.25) is 5.91 Å². The van der Waals surface area contributed by atoms with Gasteiger partial charge < -0.3 is 10.1 Å². The predicted octanol–water partition coefficient (Wildman–Crippen LogP) is 0.494. The smallest absolute Gasteiger partial charge is 0.411 e. The summed E-state index contributed by atoms with van der Waals surface area (Å²) in [7, 11) is 0. The van der Waals surface area contributed by atoms with Crippen molar-refractivity contribution in [3.8, 4) is 0 Å². The van der Waals surface area contributed by atoms with Crippen molar-refractivity contribution in [3.63, 3.8) is 0 Å². The largest absolute Gasteiger partial charge is 0.444 e. The molecule has 5 nitrogen and oxygen atoms in total. The normalized spacial score (nSPS) is 29.3. The van der Waals surface area contributed by atoms with Gasteiger partial charge in [0.05, 0.1) is 0 Å². The summed E-state index contributed by atoms with van der Waals surface area (Å²) >= 11 is 0. The van der Waals surface area contributed by atoms with Crippen LogP contribution in [0.2, 0.25) is 0 Å². The van der Waals surface area contributed by atoms with Crippen LogP contribution < -0.4 is 5.32 Å².